The number of piperazine rings is 1. The first-order valence-electron chi connectivity index (χ1n) is 13.7. The Morgan fingerprint density at radius 2 is 1.97 bits per heavy atom. The minimum absolute atomic E-state index is 0.0131. The predicted molar refractivity (Wildman–Crippen MR) is 152 cm³/mol. The molecule has 0 bridgehead atoms. The zero-order valence-corrected chi connectivity index (χ0v) is 22.5. The Balaban J connectivity index is 1.16. The molecule has 6 rings (SSSR count). The lowest BCUT2D eigenvalue weighted by molar-refractivity contribution is 0.0951. The van der Waals surface area contributed by atoms with Gasteiger partial charge in [0.1, 0.15) is 5.75 Å². The van der Waals surface area contributed by atoms with Crippen LogP contribution in [-0.2, 0) is 13.0 Å². The number of rotatable bonds is 7. The average Bonchev–Trinajstić information content (AvgIpc) is 3.73. The fraction of sp³-hybridized carbons (Fsp3) is 0.448. The number of halogens is 1. The first-order valence-corrected chi connectivity index (χ1v) is 14.0. The number of nitrogens with one attached hydrogen (secondary N) is 3. The van der Waals surface area contributed by atoms with Crippen LogP contribution in [0.3, 0.4) is 0 Å². The first-order chi connectivity index (χ1) is 18.5. The SMILES string of the molecule is CCOc1cc(CN2CCN(c3ccc(C(=O)NC4CC4)cc3Cl)CC2)cc2[nH]c(=O)c3c(c12)NCCC3. The summed E-state index contributed by atoms with van der Waals surface area (Å²) in [6.45, 7) is 7.62. The molecule has 0 atom stereocenters. The number of ether oxygens (including phenoxy) is 1. The molecule has 0 radical (unpaired) electrons. The number of aromatic nitrogens is 1. The lowest BCUT2D eigenvalue weighted by Gasteiger charge is -2.36. The van der Waals surface area contributed by atoms with Crippen LogP contribution < -0.4 is 25.8 Å². The predicted octanol–water partition coefficient (Wildman–Crippen LogP) is 4.15. The third kappa shape index (κ3) is 5.07. The van der Waals surface area contributed by atoms with E-state index >= 15 is 0 Å². The van der Waals surface area contributed by atoms with Crippen molar-refractivity contribution < 1.29 is 9.53 Å². The minimum atomic E-state index is -0.0507. The Morgan fingerprint density at radius 3 is 2.71 bits per heavy atom. The molecule has 0 unspecified atom stereocenters. The summed E-state index contributed by atoms with van der Waals surface area (Å²) in [5.41, 5.74) is 5.25. The maximum Gasteiger partial charge on any atom is 0.253 e. The number of nitrogens with zero attached hydrogens (tertiary/aromatic N) is 2. The van der Waals surface area contributed by atoms with Crippen LogP contribution in [0, 0.1) is 0 Å². The quantitative estimate of drug-likeness (QED) is 0.421. The molecule has 3 aliphatic rings. The standard InChI is InChI=1S/C29H34ClN5O3/c1-2-38-25-15-18(14-23-26(25)27-21(29(37)33-23)4-3-9-31-27)17-34-10-12-35(13-11-34)24-8-5-19(16-22(24)30)28(36)32-20-6-7-20/h5,8,14-16,20,31H,2-4,6-7,9-13,17H2,1H3,(H,32,36)(H,33,37). The topological polar surface area (TPSA) is 89.7 Å². The summed E-state index contributed by atoms with van der Waals surface area (Å²) in [7, 11) is 0. The zero-order valence-electron chi connectivity index (χ0n) is 21.7. The van der Waals surface area contributed by atoms with E-state index in [4.69, 9.17) is 16.3 Å². The van der Waals surface area contributed by atoms with Crippen LogP contribution >= 0.6 is 11.6 Å². The molecule has 1 aliphatic carbocycles. The van der Waals surface area contributed by atoms with Gasteiger partial charge in [-0.3, -0.25) is 14.5 Å². The van der Waals surface area contributed by atoms with Gasteiger partial charge in [0.15, 0.2) is 0 Å². The fourth-order valence-electron chi connectivity index (χ4n) is 5.57. The third-order valence-corrected chi connectivity index (χ3v) is 7.99. The van der Waals surface area contributed by atoms with Crippen molar-refractivity contribution in [3.05, 3.63) is 62.4 Å². The molecule has 200 valence electrons. The van der Waals surface area contributed by atoms with Gasteiger partial charge in [0, 0.05) is 56.4 Å². The number of fused-ring (bicyclic) bond motifs is 3. The molecule has 1 aromatic heterocycles. The molecule has 3 N–H and O–H groups in total. The van der Waals surface area contributed by atoms with Crippen LogP contribution in [0.4, 0.5) is 11.4 Å². The van der Waals surface area contributed by atoms with Crippen LogP contribution in [0.2, 0.25) is 5.02 Å². The number of amides is 1. The highest BCUT2D eigenvalue weighted by Gasteiger charge is 2.25. The summed E-state index contributed by atoms with van der Waals surface area (Å²) < 4.78 is 6.06. The van der Waals surface area contributed by atoms with Crippen molar-refractivity contribution in [3.8, 4) is 5.75 Å². The number of hydrogen-bond donors (Lipinski definition) is 3. The molecule has 8 nitrogen and oxygen atoms in total. The molecular weight excluding hydrogens is 502 g/mol. The normalized spacial score (nSPS) is 17.7. The number of aromatic amines is 1. The highest BCUT2D eigenvalue weighted by atomic mass is 35.5. The minimum Gasteiger partial charge on any atom is -0.493 e. The number of hydrogen-bond acceptors (Lipinski definition) is 6. The smallest absolute Gasteiger partial charge is 0.253 e. The van der Waals surface area contributed by atoms with Crippen LogP contribution in [0.5, 0.6) is 5.75 Å². The number of carbonyl (C=O) groups excluding carboxylic acids is 1. The van der Waals surface area contributed by atoms with E-state index in [1.165, 1.54) is 0 Å². The second-order valence-electron chi connectivity index (χ2n) is 10.5. The van der Waals surface area contributed by atoms with Crippen LogP contribution in [0.1, 0.15) is 47.7 Å². The van der Waals surface area contributed by atoms with Crippen molar-refractivity contribution in [2.45, 2.75) is 45.2 Å². The molecule has 3 aromatic rings. The molecule has 2 aromatic carbocycles. The zero-order chi connectivity index (χ0) is 26.2. The molecule has 2 aliphatic heterocycles. The van der Waals surface area contributed by atoms with Gasteiger partial charge in [0.05, 0.1) is 33.9 Å². The van der Waals surface area contributed by atoms with Gasteiger partial charge in [-0.15, -0.1) is 0 Å². The van der Waals surface area contributed by atoms with Crippen molar-refractivity contribution >= 4 is 39.8 Å². The molecule has 1 saturated carbocycles. The van der Waals surface area contributed by atoms with Crippen molar-refractivity contribution in [2.24, 2.45) is 0 Å². The molecule has 3 heterocycles. The Hall–Kier alpha value is -3.23. The number of carbonyl (C=O) groups is 1. The van der Waals surface area contributed by atoms with Gasteiger partial charge in [-0.05, 0) is 68.5 Å². The van der Waals surface area contributed by atoms with Gasteiger partial charge < -0.3 is 25.3 Å². The molecule has 0 spiro atoms. The molecule has 9 heteroatoms. The first kappa shape index (κ1) is 25.1. The maximum absolute atomic E-state index is 12.8. The Labute approximate surface area is 227 Å². The second-order valence-corrected chi connectivity index (χ2v) is 10.9. The van der Waals surface area contributed by atoms with Crippen molar-refractivity contribution in [2.75, 3.05) is 49.5 Å². The van der Waals surface area contributed by atoms with Gasteiger partial charge in [-0.2, -0.15) is 0 Å². The maximum atomic E-state index is 12.8. The van der Waals surface area contributed by atoms with Crippen LogP contribution in [0.15, 0.2) is 35.1 Å². The highest BCUT2D eigenvalue weighted by Crippen LogP contribution is 2.36. The highest BCUT2D eigenvalue weighted by molar-refractivity contribution is 6.33. The summed E-state index contributed by atoms with van der Waals surface area (Å²) in [6.07, 6.45) is 3.86. The van der Waals surface area contributed by atoms with E-state index in [-0.39, 0.29) is 11.5 Å². The van der Waals surface area contributed by atoms with Gasteiger partial charge in [-0.1, -0.05) is 11.6 Å². The molecule has 2 fully saturated rings. The van der Waals surface area contributed by atoms with E-state index in [9.17, 15) is 9.59 Å². The fourth-order valence-corrected chi connectivity index (χ4v) is 5.87. The van der Waals surface area contributed by atoms with Crippen molar-refractivity contribution in [1.29, 1.82) is 0 Å². The summed E-state index contributed by atoms with van der Waals surface area (Å²) in [4.78, 5) is 32.9. The van der Waals surface area contributed by atoms with E-state index in [1.807, 2.05) is 19.1 Å². The van der Waals surface area contributed by atoms with Gasteiger partial charge in [0.25, 0.3) is 11.5 Å². The molecule has 1 saturated heterocycles. The lowest BCUT2D eigenvalue weighted by atomic mass is 9.99. The van der Waals surface area contributed by atoms with Crippen LogP contribution in [0.25, 0.3) is 10.9 Å². The van der Waals surface area contributed by atoms with E-state index in [0.717, 1.165) is 104 Å². The second kappa shape index (κ2) is 10.5. The van der Waals surface area contributed by atoms with Gasteiger partial charge in [-0.25, -0.2) is 0 Å². The van der Waals surface area contributed by atoms with Gasteiger partial charge in [0.2, 0.25) is 0 Å². The molecule has 1 amide bonds. The summed E-state index contributed by atoms with van der Waals surface area (Å²) in [6, 6.07) is 10.1. The van der Waals surface area contributed by atoms with Crippen molar-refractivity contribution in [1.82, 2.24) is 15.2 Å². The lowest BCUT2D eigenvalue weighted by Crippen LogP contribution is -2.46. The van der Waals surface area contributed by atoms with E-state index in [0.29, 0.717) is 23.2 Å². The Kier molecular flexibility index (Phi) is 6.93. The number of anilines is 2. The largest absolute Gasteiger partial charge is 0.493 e. The van der Waals surface area contributed by atoms with E-state index in [1.54, 1.807) is 6.07 Å². The van der Waals surface area contributed by atoms with Gasteiger partial charge >= 0.3 is 0 Å². The summed E-state index contributed by atoms with van der Waals surface area (Å²) in [5.74, 6) is 0.767. The molecular formula is C29H34ClN5O3. The van der Waals surface area contributed by atoms with E-state index in [2.05, 4.69) is 37.6 Å². The average molecular weight is 536 g/mol. The summed E-state index contributed by atoms with van der Waals surface area (Å²) >= 11 is 6.61. The third-order valence-electron chi connectivity index (χ3n) is 7.68. The number of pyridine rings is 1. The molecule has 38 heavy (non-hydrogen) atoms. The van der Waals surface area contributed by atoms with Crippen molar-refractivity contribution in [3.63, 3.8) is 0 Å². The van der Waals surface area contributed by atoms with E-state index < -0.39 is 0 Å². The Morgan fingerprint density at radius 1 is 1.16 bits per heavy atom. The number of H-pyrrole nitrogens is 1. The van der Waals surface area contributed by atoms with Crippen LogP contribution in [-0.4, -0.2) is 61.2 Å². The number of benzene rings is 2. The summed E-state index contributed by atoms with van der Waals surface area (Å²) in [5, 5.41) is 8.04. The Bertz CT molecular complexity index is 1430. The monoisotopic (exact) mass is 535 g/mol.